The van der Waals surface area contributed by atoms with Crippen molar-refractivity contribution in [1.29, 1.82) is 0 Å². The fourth-order valence-electron chi connectivity index (χ4n) is 2.53. The van der Waals surface area contributed by atoms with Gasteiger partial charge in [0, 0.05) is 11.8 Å². The van der Waals surface area contributed by atoms with E-state index in [1.165, 1.54) is 6.20 Å². The largest absolute Gasteiger partial charge is 0.483 e. The summed E-state index contributed by atoms with van der Waals surface area (Å²) in [6, 6.07) is 9.73. The van der Waals surface area contributed by atoms with Gasteiger partial charge in [-0.15, -0.1) is 0 Å². The summed E-state index contributed by atoms with van der Waals surface area (Å²) in [4.78, 5) is 17.0. The SMILES string of the molecule is CC1(c2cccc(-c3cc(Cl)cnc3Cl)c2)COCC(N)=N1.O=CO. The first-order valence-corrected chi connectivity index (χ1v) is 8.07. The van der Waals surface area contributed by atoms with E-state index in [2.05, 4.69) is 9.98 Å². The number of halogens is 2. The zero-order chi connectivity index (χ0) is 18.4. The molecule has 6 nitrogen and oxygen atoms in total. The maximum atomic E-state index is 8.36. The van der Waals surface area contributed by atoms with Crippen LogP contribution in [0.1, 0.15) is 12.5 Å². The van der Waals surface area contributed by atoms with Crippen LogP contribution in [0, 0.1) is 0 Å². The highest BCUT2D eigenvalue weighted by molar-refractivity contribution is 6.34. The van der Waals surface area contributed by atoms with Crippen LogP contribution < -0.4 is 5.73 Å². The summed E-state index contributed by atoms with van der Waals surface area (Å²) in [5.74, 6) is 0.501. The number of hydrogen-bond acceptors (Lipinski definition) is 5. The Hall–Kier alpha value is -2.15. The highest BCUT2D eigenvalue weighted by Gasteiger charge is 2.30. The Kier molecular flexibility index (Phi) is 6.36. The van der Waals surface area contributed by atoms with Gasteiger partial charge in [0.2, 0.25) is 0 Å². The number of aliphatic imine (C=N–C) groups is 1. The second kappa shape index (κ2) is 8.29. The number of nitrogens with zero attached hydrogens (tertiary/aromatic N) is 2. The average molecular weight is 382 g/mol. The van der Waals surface area contributed by atoms with E-state index in [-0.39, 0.29) is 6.47 Å². The molecular formula is C17H17Cl2N3O3. The van der Waals surface area contributed by atoms with E-state index in [0.717, 1.165) is 16.7 Å². The van der Waals surface area contributed by atoms with Gasteiger partial charge in [0.1, 0.15) is 23.1 Å². The fourth-order valence-corrected chi connectivity index (χ4v) is 2.90. The van der Waals surface area contributed by atoms with Crippen LogP contribution in [0.25, 0.3) is 11.1 Å². The molecule has 3 rings (SSSR count). The molecule has 0 fully saturated rings. The third-order valence-corrected chi connectivity index (χ3v) is 4.13. The number of ether oxygens (including phenoxy) is 1. The van der Waals surface area contributed by atoms with Crippen molar-refractivity contribution in [2.45, 2.75) is 12.5 Å². The standard InChI is InChI=1S/C16H15Cl2N3O.CH2O2/c1-16(9-22-8-14(19)21-16)11-4-2-3-10(5-11)13-6-12(17)7-20-15(13)18;2-1-3/h2-7H,8-9H2,1H3,(H2,19,21);1H,(H,2,3). The molecule has 0 amide bonds. The monoisotopic (exact) mass is 381 g/mol. The summed E-state index contributed by atoms with van der Waals surface area (Å²) in [5.41, 5.74) is 8.03. The Morgan fingerprint density at radius 2 is 2.08 bits per heavy atom. The third-order valence-electron chi connectivity index (χ3n) is 3.62. The second-order valence-corrected chi connectivity index (χ2v) is 6.34. The van der Waals surface area contributed by atoms with Gasteiger partial charge in [0.15, 0.2) is 0 Å². The summed E-state index contributed by atoms with van der Waals surface area (Å²) >= 11 is 12.2. The molecule has 0 saturated heterocycles. The predicted molar refractivity (Wildman–Crippen MR) is 98.2 cm³/mol. The lowest BCUT2D eigenvalue weighted by molar-refractivity contribution is -0.122. The Bertz CT molecular complexity index is 798. The van der Waals surface area contributed by atoms with Gasteiger partial charge in [-0.05, 0) is 30.2 Å². The van der Waals surface area contributed by atoms with Crippen LogP contribution in [0.3, 0.4) is 0 Å². The molecule has 0 aliphatic carbocycles. The summed E-state index contributed by atoms with van der Waals surface area (Å²) in [7, 11) is 0. The molecule has 0 saturated carbocycles. The lowest BCUT2D eigenvalue weighted by atomic mass is 9.90. The third kappa shape index (κ3) is 4.69. The first-order chi connectivity index (χ1) is 11.9. The number of carbonyl (C=O) groups is 1. The van der Waals surface area contributed by atoms with E-state index in [0.29, 0.717) is 29.2 Å². The average Bonchev–Trinajstić information content (AvgIpc) is 2.58. The quantitative estimate of drug-likeness (QED) is 0.613. The Labute approximate surface area is 155 Å². The van der Waals surface area contributed by atoms with Crippen LogP contribution in [0.4, 0.5) is 0 Å². The van der Waals surface area contributed by atoms with Crippen LogP contribution in [-0.4, -0.2) is 35.6 Å². The number of nitrogens with two attached hydrogens (primary N) is 1. The van der Waals surface area contributed by atoms with E-state index >= 15 is 0 Å². The number of amidine groups is 1. The molecule has 8 heteroatoms. The van der Waals surface area contributed by atoms with Crippen molar-refractivity contribution >= 4 is 35.5 Å². The molecule has 0 spiro atoms. The van der Waals surface area contributed by atoms with Gasteiger partial charge in [0.25, 0.3) is 6.47 Å². The summed E-state index contributed by atoms with van der Waals surface area (Å²) < 4.78 is 5.52. The molecule has 3 N–H and O–H groups in total. The maximum Gasteiger partial charge on any atom is 0.290 e. The highest BCUT2D eigenvalue weighted by atomic mass is 35.5. The van der Waals surface area contributed by atoms with Gasteiger partial charge in [-0.2, -0.15) is 0 Å². The molecule has 1 aromatic heterocycles. The van der Waals surface area contributed by atoms with Crippen LogP contribution in [0.5, 0.6) is 0 Å². The molecule has 132 valence electrons. The van der Waals surface area contributed by atoms with Gasteiger partial charge in [-0.1, -0.05) is 41.4 Å². The summed E-state index contributed by atoms with van der Waals surface area (Å²) in [6.07, 6.45) is 1.53. The number of rotatable bonds is 2. The minimum absolute atomic E-state index is 0.250. The van der Waals surface area contributed by atoms with E-state index in [4.69, 9.17) is 43.6 Å². The zero-order valence-electron chi connectivity index (χ0n) is 13.4. The molecule has 1 aliphatic heterocycles. The Balaban J connectivity index is 0.000000701. The number of aromatic nitrogens is 1. The van der Waals surface area contributed by atoms with Gasteiger partial charge < -0.3 is 15.6 Å². The molecule has 1 atom stereocenters. The number of benzene rings is 1. The van der Waals surface area contributed by atoms with E-state index in [1.54, 1.807) is 6.07 Å². The van der Waals surface area contributed by atoms with Crippen molar-refractivity contribution in [2.75, 3.05) is 13.2 Å². The smallest absolute Gasteiger partial charge is 0.290 e. The molecule has 0 radical (unpaired) electrons. The Morgan fingerprint density at radius 3 is 2.76 bits per heavy atom. The molecule has 1 unspecified atom stereocenters. The minimum Gasteiger partial charge on any atom is -0.483 e. The molecule has 1 aliphatic rings. The van der Waals surface area contributed by atoms with E-state index in [1.807, 2.05) is 31.2 Å². The van der Waals surface area contributed by atoms with Gasteiger partial charge in [0.05, 0.1) is 11.6 Å². The topological polar surface area (TPSA) is 97.8 Å². The normalized spacial score (nSPS) is 19.4. The van der Waals surface area contributed by atoms with Crippen molar-refractivity contribution in [3.05, 3.63) is 52.3 Å². The van der Waals surface area contributed by atoms with E-state index < -0.39 is 5.54 Å². The number of hydrogen-bond donors (Lipinski definition) is 2. The van der Waals surface area contributed by atoms with Crippen molar-refractivity contribution in [3.63, 3.8) is 0 Å². The molecule has 2 aromatic rings. The lowest BCUT2D eigenvalue weighted by Gasteiger charge is -2.30. The maximum absolute atomic E-state index is 8.36. The molecular weight excluding hydrogens is 365 g/mol. The highest BCUT2D eigenvalue weighted by Crippen LogP contribution is 2.34. The molecule has 1 aromatic carbocycles. The van der Waals surface area contributed by atoms with Crippen LogP contribution in [-0.2, 0) is 15.1 Å². The first-order valence-electron chi connectivity index (χ1n) is 7.31. The molecule has 2 heterocycles. The fraction of sp³-hybridized carbons (Fsp3) is 0.235. The zero-order valence-corrected chi connectivity index (χ0v) is 15.0. The van der Waals surface area contributed by atoms with Crippen LogP contribution in [0.2, 0.25) is 10.2 Å². The molecule has 0 bridgehead atoms. The first kappa shape index (κ1) is 19.2. The predicted octanol–water partition coefficient (Wildman–Crippen LogP) is 3.36. The van der Waals surface area contributed by atoms with Crippen molar-refractivity contribution < 1.29 is 14.6 Å². The minimum atomic E-state index is -0.503. The Morgan fingerprint density at radius 1 is 1.36 bits per heavy atom. The van der Waals surface area contributed by atoms with Gasteiger partial charge in [-0.3, -0.25) is 9.79 Å². The second-order valence-electron chi connectivity index (χ2n) is 5.55. The van der Waals surface area contributed by atoms with Crippen molar-refractivity contribution in [1.82, 2.24) is 4.98 Å². The van der Waals surface area contributed by atoms with E-state index in [9.17, 15) is 0 Å². The van der Waals surface area contributed by atoms with Crippen molar-refractivity contribution in [3.8, 4) is 11.1 Å². The number of pyridine rings is 1. The van der Waals surface area contributed by atoms with Crippen molar-refractivity contribution in [2.24, 2.45) is 10.7 Å². The molecule has 25 heavy (non-hydrogen) atoms. The van der Waals surface area contributed by atoms with Gasteiger partial charge >= 0.3 is 0 Å². The summed E-state index contributed by atoms with van der Waals surface area (Å²) in [6.45, 7) is 2.61. The van der Waals surface area contributed by atoms with Crippen LogP contribution in [0.15, 0.2) is 41.5 Å². The summed E-state index contributed by atoms with van der Waals surface area (Å²) in [5, 5.41) is 7.84. The van der Waals surface area contributed by atoms with Gasteiger partial charge in [-0.25, -0.2) is 4.98 Å². The lowest BCUT2D eigenvalue weighted by Crippen LogP contribution is -2.37. The van der Waals surface area contributed by atoms with Crippen LogP contribution >= 0.6 is 23.2 Å². The number of carboxylic acid groups (broad SMARTS) is 1.